The highest BCUT2D eigenvalue weighted by atomic mass is 35.5. The van der Waals surface area contributed by atoms with Crippen molar-refractivity contribution >= 4 is 35.1 Å². The Morgan fingerprint density at radius 3 is 2.62 bits per heavy atom. The number of carboxylic acids is 1. The molecule has 3 N–H and O–H groups in total. The zero-order valence-corrected chi connectivity index (χ0v) is 33.9. The molecule has 1 saturated heterocycles. The molecule has 0 radical (unpaired) electrons. The number of carbonyl (C=O) groups is 3. The number of aromatic nitrogens is 1. The number of rotatable bonds is 14. The molecule has 4 atom stereocenters. The number of fused-ring (bicyclic) bond motifs is 3. The van der Waals surface area contributed by atoms with E-state index >= 15 is 0 Å². The fraction of sp³-hybridized carbons (Fsp3) is 0.556. The van der Waals surface area contributed by atoms with Crippen molar-refractivity contribution in [3.63, 3.8) is 0 Å². The van der Waals surface area contributed by atoms with E-state index in [1.165, 1.54) is 16.7 Å². The number of anilines is 1. The summed E-state index contributed by atoms with van der Waals surface area (Å²) in [4.78, 5) is 42.5. The van der Waals surface area contributed by atoms with E-state index in [0.29, 0.717) is 74.3 Å². The summed E-state index contributed by atoms with van der Waals surface area (Å²) in [5, 5.41) is 17.4. The Kier molecular flexibility index (Phi) is 11.6. The molecule has 300 valence electrons. The second-order valence-corrected chi connectivity index (χ2v) is 17.9. The first-order valence-electron chi connectivity index (χ1n) is 20.4. The molecule has 4 aliphatic rings. The summed E-state index contributed by atoms with van der Waals surface area (Å²) in [6.45, 7) is 9.16. The molecular formula is C45H56ClN3O7. The first-order chi connectivity index (χ1) is 26.8. The number of esters is 1. The van der Waals surface area contributed by atoms with Gasteiger partial charge in [-0.1, -0.05) is 37.6 Å². The van der Waals surface area contributed by atoms with Crippen LogP contribution in [0.25, 0.3) is 0 Å². The Labute approximate surface area is 335 Å². The van der Waals surface area contributed by atoms with Crippen LogP contribution in [0.3, 0.4) is 0 Å². The van der Waals surface area contributed by atoms with Crippen LogP contribution in [0.4, 0.5) is 5.69 Å². The number of aliphatic carboxylic acids is 1. The minimum absolute atomic E-state index is 0.198. The maximum Gasteiger partial charge on any atom is 0.329 e. The molecule has 11 heteroatoms. The molecule has 1 spiro atoms. The second-order valence-electron chi connectivity index (χ2n) is 17.5. The molecule has 1 unspecified atom stereocenters. The van der Waals surface area contributed by atoms with Gasteiger partial charge in [0.2, 0.25) is 5.91 Å². The fourth-order valence-corrected chi connectivity index (χ4v) is 10.1. The lowest BCUT2D eigenvalue weighted by Crippen LogP contribution is -2.53. The van der Waals surface area contributed by atoms with Crippen LogP contribution in [0, 0.1) is 11.8 Å². The van der Waals surface area contributed by atoms with Crippen LogP contribution < -0.4 is 20.1 Å². The number of carbonyl (C=O) groups excluding carboxylic acids is 2. The predicted molar refractivity (Wildman–Crippen MR) is 216 cm³/mol. The highest BCUT2D eigenvalue weighted by molar-refractivity contribution is 6.30. The molecule has 2 heterocycles. The van der Waals surface area contributed by atoms with Crippen LogP contribution in [0.15, 0.2) is 54.7 Å². The molecule has 56 heavy (non-hydrogen) atoms. The summed E-state index contributed by atoms with van der Waals surface area (Å²) in [7, 11) is 0. The van der Waals surface area contributed by atoms with Crippen molar-refractivity contribution in [2.24, 2.45) is 11.8 Å². The number of cyclic esters (lactones) is 1. The van der Waals surface area contributed by atoms with Gasteiger partial charge in [-0.25, -0.2) is 9.59 Å². The lowest BCUT2D eigenvalue weighted by molar-refractivity contribution is -0.148. The highest BCUT2D eigenvalue weighted by Crippen LogP contribution is 2.57. The third kappa shape index (κ3) is 8.50. The number of amides is 1. The van der Waals surface area contributed by atoms with Gasteiger partial charge in [-0.2, -0.15) is 0 Å². The van der Waals surface area contributed by atoms with Gasteiger partial charge in [0.25, 0.3) is 0 Å². The first kappa shape index (κ1) is 39.9. The predicted octanol–water partition coefficient (Wildman–Crippen LogP) is 8.57. The number of hydrogen-bond acceptors (Lipinski definition) is 8. The van der Waals surface area contributed by atoms with Crippen molar-refractivity contribution in [3.8, 4) is 11.5 Å². The lowest BCUT2D eigenvalue weighted by atomic mass is 9.59. The third-order valence-corrected chi connectivity index (χ3v) is 13.0. The number of nitrogens with zero attached hydrogens (tertiary/aromatic N) is 1. The molecule has 1 aliphatic heterocycles. The molecule has 7 rings (SSSR count). The van der Waals surface area contributed by atoms with E-state index in [1.54, 1.807) is 12.1 Å². The van der Waals surface area contributed by atoms with Crippen molar-refractivity contribution in [2.45, 2.75) is 133 Å². The van der Waals surface area contributed by atoms with Gasteiger partial charge < -0.3 is 30.0 Å². The van der Waals surface area contributed by atoms with Crippen LogP contribution >= 0.6 is 11.6 Å². The molecule has 3 aromatic rings. The van der Waals surface area contributed by atoms with Gasteiger partial charge in [0.05, 0.1) is 13.2 Å². The van der Waals surface area contributed by atoms with Crippen LogP contribution in [0.5, 0.6) is 11.5 Å². The summed E-state index contributed by atoms with van der Waals surface area (Å²) < 4.78 is 18.2. The van der Waals surface area contributed by atoms with Gasteiger partial charge in [0, 0.05) is 41.0 Å². The molecule has 1 amide bonds. The van der Waals surface area contributed by atoms with Gasteiger partial charge in [-0.05, 0) is 149 Å². The van der Waals surface area contributed by atoms with E-state index in [9.17, 15) is 19.5 Å². The minimum atomic E-state index is -1.12. The molecule has 2 aromatic carbocycles. The third-order valence-electron chi connectivity index (χ3n) is 12.8. The van der Waals surface area contributed by atoms with Crippen LogP contribution in [0.1, 0.15) is 120 Å². The Bertz CT molecular complexity index is 1940. The molecule has 1 saturated carbocycles. The highest BCUT2D eigenvalue weighted by Gasteiger charge is 2.54. The number of aryl methyl sites for hydroxylation is 1. The molecular weight excluding hydrogens is 730 g/mol. The van der Waals surface area contributed by atoms with Crippen molar-refractivity contribution in [2.75, 3.05) is 18.5 Å². The Balaban J connectivity index is 1.05. The summed E-state index contributed by atoms with van der Waals surface area (Å²) in [5.41, 5.74) is 3.73. The molecule has 10 nitrogen and oxygen atoms in total. The maximum atomic E-state index is 13.0. The Morgan fingerprint density at radius 2 is 1.89 bits per heavy atom. The summed E-state index contributed by atoms with van der Waals surface area (Å²) >= 11 is 6.29. The van der Waals surface area contributed by atoms with Crippen molar-refractivity contribution < 1.29 is 33.7 Å². The standard InChI is InChI=1S/C45H56ClN3O7/c1-28(27-55-38-15-20-47-36-11-5-8-29(2)40(36)38)22-31-23-30-13-14-34(54-21-7-12-39(50)48-37-26-43(3,4)56-41(37)51)25-35(30)44(31)16-18-45(19-17-44,42(52)53)49-33-10-6-9-32(46)24-33/h6,9-10,13-15,20,24-25,28-29,31,37,49H,5,7-8,11-12,16-19,21-23,26-27H2,1-4H3,(H,48,50)(H,52,53)/t28-,29-,31+,37?,44?,45?/m1/s1. The summed E-state index contributed by atoms with van der Waals surface area (Å²) in [6, 6.07) is 15.0. The number of benzene rings is 2. The van der Waals surface area contributed by atoms with E-state index in [4.69, 9.17) is 25.8 Å². The van der Waals surface area contributed by atoms with Crippen LogP contribution in [0.2, 0.25) is 5.02 Å². The van der Waals surface area contributed by atoms with E-state index < -0.39 is 29.1 Å². The molecule has 3 aliphatic carbocycles. The van der Waals surface area contributed by atoms with Gasteiger partial charge in [0.15, 0.2) is 0 Å². The number of carboxylic acid groups (broad SMARTS) is 1. The molecule has 2 fully saturated rings. The van der Waals surface area contributed by atoms with Gasteiger partial charge in [-0.15, -0.1) is 0 Å². The zero-order valence-electron chi connectivity index (χ0n) is 33.1. The number of halogens is 1. The smallest absolute Gasteiger partial charge is 0.329 e. The van der Waals surface area contributed by atoms with Gasteiger partial charge >= 0.3 is 11.9 Å². The molecule has 1 aromatic heterocycles. The molecule has 0 bridgehead atoms. The van der Waals surface area contributed by atoms with E-state index in [1.807, 2.05) is 44.3 Å². The van der Waals surface area contributed by atoms with Crippen LogP contribution in [-0.4, -0.2) is 58.3 Å². The van der Waals surface area contributed by atoms with Crippen LogP contribution in [-0.2, 0) is 37.4 Å². The first-order valence-corrected chi connectivity index (χ1v) is 20.8. The SMILES string of the molecule is C[C@@H](COc1ccnc2c1[C@H](C)CCC2)C[C@H]1Cc2ccc(OCCCC(=O)NC3CC(C)(C)OC3=O)cc2C12CCC(Nc1cccc(Cl)c1)(C(=O)O)CC2. The summed E-state index contributed by atoms with van der Waals surface area (Å²) in [5.74, 6) is 1.25. The fourth-order valence-electron chi connectivity index (χ4n) is 9.93. The van der Waals surface area contributed by atoms with Crippen molar-refractivity contribution in [1.29, 1.82) is 0 Å². The number of ether oxygens (including phenoxy) is 3. The van der Waals surface area contributed by atoms with Crippen molar-refractivity contribution in [1.82, 2.24) is 10.3 Å². The minimum Gasteiger partial charge on any atom is -0.494 e. The summed E-state index contributed by atoms with van der Waals surface area (Å²) in [6.07, 6.45) is 10.5. The van der Waals surface area contributed by atoms with Gasteiger partial charge in [-0.3, -0.25) is 9.78 Å². The normalized spacial score (nSPS) is 26.8. The quantitative estimate of drug-likeness (QED) is 0.109. The topological polar surface area (TPSA) is 136 Å². The monoisotopic (exact) mass is 785 g/mol. The van der Waals surface area contributed by atoms with E-state index in [0.717, 1.165) is 49.3 Å². The van der Waals surface area contributed by atoms with E-state index in [2.05, 4.69) is 41.6 Å². The second kappa shape index (κ2) is 16.3. The van der Waals surface area contributed by atoms with Crippen molar-refractivity contribution in [3.05, 3.63) is 82.1 Å². The largest absolute Gasteiger partial charge is 0.494 e. The average Bonchev–Trinajstić information content (AvgIpc) is 3.59. The average molecular weight is 786 g/mol. The number of nitrogens with one attached hydrogen (secondary N) is 2. The number of pyridine rings is 1. The maximum absolute atomic E-state index is 13.0. The Hall–Kier alpha value is -4.31. The lowest BCUT2D eigenvalue weighted by Gasteiger charge is -2.47. The zero-order chi connectivity index (χ0) is 39.7. The Morgan fingerprint density at radius 1 is 1.09 bits per heavy atom. The number of hydrogen-bond donors (Lipinski definition) is 3. The van der Waals surface area contributed by atoms with E-state index in [-0.39, 0.29) is 23.7 Å². The van der Waals surface area contributed by atoms with Gasteiger partial charge in [0.1, 0.15) is 28.7 Å².